The van der Waals surface area contributed by atoms with E-state index in [4.69, 9.17) is 5.73 Å². The highest BCUT2D eigenvalue weighted by molar-refractivity contribution is 5.78. The number of pyridine rings is 1. The average Bonchev–Trinajstić information content (AvgIpc) is 2.67. The van der Waals surface area contributed by atoms with Crippen molar-refractivity contribution in [3.63, 3.8) is 0 Å². The number of nitrogens with one attached hydrogen (secondary N) is 1. The first-order valence-corrected chi connectivity index (χ1v) is 4.69. The van der Waals surface area contributed by atoms with Crippen LogP contribution in [0.5, 0.6) is 0 Å². The number of rotatable bonds is 2. The van der Waals surface area contributed by atoms with Gasteiger partial charge in [0.2, 0.25) is 5.91 Å². The molecule has 1 unspecified atom stereocenters. The van der Waals surface area contributed by atoms with Crippen molar-refractivity contribution in [2.24, 2.45) is 11.7 Å². The molecule has 1 aliphatic rings. The fourth-order valence-electron chi connectivity index (χ4n) is 1.94. The van der Waals surface area contributed by atoms with E-state index in [0.717, 1.165) is 12.1 Å². The number of amides is 1. The lowest BCUT2D eigenvalue weighted by atomic mass is 9.89. The lowest BCUT2D eigenvalue weighted by Crippen LogP contribution is -2.28. The van der Waals surface area contributed by atoms with Crippen molar-refractivity contribution in [1.29, 1.82) is 0 Å². The van der Waals surface area contributed by atoms with Crippen molar-refractivity contribution < 1.29 is 4.79 Å². The van der Waals surface area contributed by atoms with Crippen LogP contribution in [0.3, 0.4) is 0 Å². The molecule has 0 saturated carbocycles. The van der Waals surface area contributed by atoms with Crippen molar-refractivity contribution >= 4 is 5.91 Å². The number of hydrogen-bond acceptors (Lipinski definition) is 3. The second-order valence-electron chi connectivity index (χ2n) is 3.55. The first-order valence-electron chi connectivity index (χ1n) is 4.69. The Labute approximate surface area is 82.5 Å². The Kier molecular flexibility index (Phi) is 2.45. The van der Waals surface area contributed by atoms with Crippen LogP contribution in [0.1, 0.15) is 11.5 Å². The van der Waals surface area contributed by atoms with Crippen LogP contribution < -0.4 is 11.1 Å². The summed E-state index contributed by atoms with van der Waals surface area (Å²) in [4.78, 5) is 15.1. The quantitative estimate of drug-likeness (QED) is 0.684. The second kappa shape index (κ2) is 3.75. The summed E-state index contributed by atoms with van der Waals surface area (Å²) in [6.45, 7) is 1.50. The summed E-state index contributed by atoms with van der Waals surface area (Å²) >= 11 is 0. The standard InChI is InChI=1S/C10H13N3O/c11-10(14)9-6-13-5-8(9)7-1-3-12-4-2-7/h1-4,8-9,13H,5-6H2,(H2,11,14)/t8-,9?/m0/s1. The predicted octanol–water partition coefficient (Wildman–Crippen LogP) is -0.130. The maximum atomic E-state index is 11.2. The van der Waals surface area contributed by atoms with Crippen molar-refractivity contribution in [2.45, 2.75) is 5.92 Å². The molecule has 1 amide bonds. The van der Waals surface area contributed by atoms with Gasteiger partial charge in [-0.15, -0.1) is 0 Å². The summed E-state index contributed by atoms with van der Waals surface area (Å²) in [5.74, 6) is -0.107. The van der Waals surface area contributed by atoms with Gasteiger partial charge < -0.3 is 11.1 Å². The van der Waals surface area contributed by atoms with Crippen molar-refractivity contribution in [3.05, 3.63) is 30.1 Å². The molecule has 2 atom stereocenters. The molecular formula is C10H13N3O. The van der Waals surface area contributed by atoms with Crippen molar-refractivity contribution in [3.8, 4) is 0 Å². The number of nitrogens with zero attached hydrogens (tertiary/aromatic N) is 1. The van der Waals surface area contributed by atoms with Crippen LogP contribution in [-0.2, 0) is 4.79 Å². The van der Waals surface area contributed by atoms with Crippen LogP contribution in [0, 0.1) is 5.92 Å². The molecule has 1 aromatic rings. The molecular weight excluding hydrogens is 178 g/mol. The third-order valence-corrected chi connectivity index (χ3v) is 2.71. The SMILES string of the molecule is NC(=O)C1CNC[C@H]1c1ccncc1. The Morgan fingerprint density at radius 2 is 2.14 bits per heavy atom. The van der Waals surface area contributed by atoms with Gasteiger partial charge in [0.25, 0.3) is 0 Å². The van der Waals surface area contributed by atoms with Gasteiger partial charge in [0.15, 0.2) is 0 Å². The van der Waals surface area contributed by atoms with E-state index in [1.54, 1.807) is 12.4 Å². The fraction of sp³-hybridized carbons (Fsp3) is 0.400. The number of primary amides is 1. The Bertz CT molecular complexity index is 325. The van der Waals surface area contributed by atoms with Gasteiger partial charge in [-0.05, 0) is 17.7 Å². The Balaban J connectivity index is 2.22. The molecule has 1 saturated heterocycles. The highest BCUT2D eigenvalue weighted by Crippen LogP contribution is 2.27. The van der Waals surface area contributed by atoms with Gasteiger partial charge in [-0.3, -0.25) is 9.78 Å². The van der Waals surface area contributed by atoms with Gasteiger partial charge in [-0.2, -0.15) is 0 Å². The van der Waals surface area contributed by atoms with E-state index in [9.17, 15) is 4.79 Å². The highest BCUT2D eigenvalue weighted by atomic mass is 16.1. The van der Waals surface area contributed by atoms with E-state index in [1.807, 2.05) is 12.1 Å². The number of nitrogens with two attached hydrogens (primary N) is 1. The molecule has 74 valence electrons. The zero-order chi connectivity index (χ0) is 9.97. The van der Waals surface area contributed by atoms with E-state index in [0.29, 0.717) is 6.54 Å². The van der Waals surface area contributed by atoms with Crippen molar-refractivity contribution in [2.75, 3.05) is 13.1 Å². The molecule has 1 fully saturated rings. The minimum atomic E-state index is -0.225. The number of hydrogen-bond donors (Lipinski definition) is 2. The van der Waals surface area contributed by atoms with Crippen molar-refractivity contribution in [1.82, 2.24) is 10.3 Å². The van der Waals surface area contributed by atoms with Crippen LogP contribution in [-0.4, -0.2) is 24.0 Å². The van der Waals surface area contributed by atoms with Gasteiger partial charge in [0.1, 0.15) is 0 Å². The molecule has 0 spiro atoms. The molecule has 0 bridgehead atoms. The van der Waals surface area contributed by atoms with Gasteiger partial charge >= 0.3 is 0 Å². The second-order valence-corrected chi connectivity index (χ2v) is 3.55. The maximum absolute atomic E-state index is 11.2. The minimum absolute atomic E-state index is 0.0857. The Morgan fingerprint density at radius 3 is 2.79 bits per heavy atom. The summed E-state index contributed by atoms with van der Waals surface area (Å²) < 4.78 is 0. The Hall–Kier alpha value is -1.42. The molecule has 14 heavy (non-hydrogen) atoms. The molecule has 0 aromatic carbocycles. The van der Waals surface area contributed by atoms with Crippen LogP contribution in [0.4, 0.5) is 0 Å². The first kappa shape index (κ1) is 9.15. The van der Waals surface area contributed by atoms with E-state index < -0.39 is 0 Å². The summed E-state index contributed by atoms with van der Waals surface area (Å²) in [7, 11) is 0. The largest absolute Gasteiger partial charge is 0.369 e. The number of aromatic nitrogens is 1. The molecule has 1 aromatic heterocycles. The van der Waals surface area contributed by atoms with Crippen LogP contribution >= 0.6 is 0 Å². The molecule has 0 aliphatic carbocycles. The molecule has 2 rings (SSSR count). The summed E-state index contributed by atoms with van der Waals surface area (Å²) in [6.07, 6.45) is 3.48. The molecule has 4 heteroatoms. The lowest BCUT2D eigenvalue weighted by Gasteiger charge is -2.14. The first-order chi connectivity index (χ1) is 6.79. The fourth-order valence-corrected chi connectivity index (χ4v) is 1.94. The molecule has 3 N–H and O–H groups in total. The average molecular weight is 191 g/mol. The maximum Gasteiger partial charge on any atom is 0.222 e. The van der Waals surface area contributed by atoms with E-state index >= 15 is 0 Å². The van der Waals surface area contributed by atoms with E-state index in [1.165, 1.54) is 0 Å². The van der Waals surface area contributed by atoms with E-state index in [-0.39, 0.29) is 17.7 Å². The zero-order valence-electron chi connectivity index (χ0n) is 7.81. The lowest BCUT2D eigenvalue weighted by molar-refractivity contribution is -0.121. The number of carbonyl (C=O) groups is 1. The monoisotopic (exact) mass is 191 g/mol. The topological polar surface area (TPSA) is 68.0 Å². The van der Waals surface area contributed by atoms with Crippen LogP contribution in [0.25, 0.3) is 0 Å². The number of carbonyl (C=O) groups excluding carboxylic acids is 1. The summed E-state index contributed by atoms with van der Waals surface area (Å²) in [6, 6.07) is 3.88. The van der Waals surface area contributed by atoms with E-state index in [2.05, 4.69) is 10.3 Å². The molecule has 2 heterocycles. The third kappa shape index (κ3) is 1.61. The van der Waals surface area contributed by atoms with Gasteiger partial charge in [0, 0.05) is 31.4 Å². The van der Waals surface area contributed by atoms with Gasteiger partial charge in [0.05, 0.1) is 5.92 Å². The van der Waals surface area contributed by atoms with Crippen LogP contribution in [0.2, 0.25) is 0 Å². The third-order valence-electron chi connectivity index (χ3n) is 2.71. The molecule has 1 aliphatic heterocycles. The van der Waals surface area contributed by atoms with Gasteiger partial charge in [-0.1, -0.05) is 0 Å². The summed E-state index contributed by atoms with van der Waals surface area (Å²) in [5, 5.41) is 3.18. The normalized spacial score (nSPS) is 26.3. The smallest absolute Gasteiger partial charge is 0.222 e. The molecule has 4 nitrogen and oxygen atoms in total. The predicted molar refractivity (Wildman–Crippen MR) is 52.5 cm³/mol. The van der Waals surface area contributed by atoms with Crippen LogP contribution in [0.15, 0.2) is 24.5 Å². The minimum Gasteiger partial charge on any atom is -0.369 e. The molecule has 0 radical (unpaired) electrons. The van der Waals surface area contributed by atoms with Gasteiger partial charge in [-0.25, -0.2) is 0 Å². The highest BCUT2D eigenvalue weighted by Gasteiger charge is 2.32. The zero-order valence-corrected chi connectivity index (χ0v) is 7.81. The summed E-state index contributed by atoms with van der Waals surface area (Å²) in [5.41, 5.74) is 6.46. The Morgan fingerprint density at radius 1 is 1.43 bits per heavy atom.